The summed E-state index contributed by atoms with van der Waals surface area (Å²) in [6.07, 6.45) is 3.22. The fraction of sp³-hybridized carbons (Fsp3) is 0.200. The van der Waals surface area contributed by atoms with Gasteiger partial charge in [-0.25, -0.2) is 9.97 Å². The zero-order chi connectivity index (χ0) is 11.5. The van der Waals surface area contributed by atoms with E-state index in [0.29, 0.717) is 17.2 Å². The number of anilines is 1. The number of nitrogens with one attached hydrogen (secondary N) is 2. The molecule has 2 heterocycles. The third-order valence-electron chi connectivity index (χ3n) is 2.22. The quantitative estimate of drug-likeness (QED) is 0.780. The van der Waals surface area contributed by atoms with Crippen molar-refractivity contribution in [3.05, 3.63) is 23.7 Å². The lowest BCUT2D eigenvalue weighted by atomic mass is 10.1. The number of aryl methyl sites for hydroxylation is 1. The fourth-order valence-corrected chi connectivity index (χ4v) is 1.39. The van der Waals surface area contributed by atoms with E-state index in [4.69, 9.17) is 5.26 Å². The lowest BCUT2D eigenvalue weighted by Gasteiger charge is -2.03. The van der Waals surface area contributed by atoms with Crippen LogP contribution in [0.3, 0.4) is 0 Å². The van der Waals surface area contributed by atoms with Crippen molar-refractivity contribution in [1.29, 1.82) is 5.26 Å². The molecule has 2 aromatic rings. The highest BCUT2D eigenvalue weighted by Crippen LogP contribution is 2.23. The molecule has 0 aliphatic carbocycles. The molecule has 0 radical (unpaired) electrons. The zero-order valence-corrected chi connectivity index (χ0v) is 8.94. The Hall–Kier alpha value is -2.42. The smallest absolute Gasteiger partial charge is 0.223 e. The first-order valence-corrected chi connectivity index (χ1v) is 4.72. The molecule has 6 nitrogen and oxygen atoms in total. The molecular weight excluding hydrogens is 204 g/mol. The first-order valence-electron chi connectivity index (χ1n) is 4.72. The zero-order valence-electron chi connectivity index (χ0n) is 8.94. The van der Waals surface area contributed by atoms with Gasteiger partial charge in [0.15, 0.2) is 0 Å². The van der Waals surface area contributed by atoms with Crippen LogP contribution in [0.5, 0.6) is 0 Å². The molecule has 0 spiro atoms. The Morgan fingerprint density at radius 3 is 2.88 bits per heavy atom. The highest BCUT2D eigenvalue weighted by Gasteiger charge is 2.12. The predicted molar refractivity (Wildman–Crippen MR) is 58.6 cm³/mol. The Morgan fingerprint density at radius 1 is 1.50 bits per heavy atom. The van der Waals surface area contributed by atoms with Crippen molar-refractivity contribution in [2.24, 2.45) is 0 Å². The van der Waals surface area contributed by atoms with Crippen LogP contribution in [0.4, 0.5) is 5.95 Å². The van der Waals surface area contributed by atoms with Crippen molar-refractivity contribution in [3.63, 3.8) is 0 Å². The Morgan fingerprint density at radius 2 is 2.31 bits per heavy atom. The number of nitrogens with zero attached hydrogens (tertiary/aromatic N) is 4. The maximum absolute atomic E-state index is 8.99. The summed E-state index contributed by atoms with van der Waals surface area (Å²) < 4.78 is 0. The molecule has 2 N–H and O–H groups in total. The van der Waals surface area contributed by atoms with E-state index in [0.717, 1.165) is 11.3 Å². The van der Waals surface area contributed by atoms with Crippen LogP contribution in [0, 0.1) is 18.3 Å². The molecule has 0 fully saturated rings. The standard InChI is InChI=1S/C10H10N6/c1-6-8(5-14-16-6)9-7(3-11)4-13-10(12-2)15-9/h4-5H,1-2H3,(H,14,16)(H,12,13,15). The number of aromatic amines is 1. The van der Waals surface area contributed by atoms with E-state index < -0.39 is 0 Å². The largest absolute Gasteiger partial charge is 0.357 e. The van der Waals surface area contributed by atoms with Crippen molar-refractivity contribution in [1.82, 2.24) is 20.2 Å². The monoisotopic (exact) mass is 214 g/mol. The van der Waals surface area contributed by atoms with Gasteiger partial charge in [0.1, 0.15) is 6.07 Å². The molecule has 2 aromatic heterocycles. The minimum Gasteiger partial charge on any atom is -0.357 e. The van der Waals surface area contributed by atoms with E-state index in [9.17, 15) is 0 Å². The van der Waals surface area contributed by atoms with Gasteiger partial charge in [0.25, 0.3) is 0 Å². The second-order valence-electron chi connectivity index (χ2n) is 3.20. The Kier molecular flexibility index (Phi) is 2.52. The van der Waals surface area contributed by atoms with Gasteiger partial charge in [-0.05, 0) is 6.92 Å². The van der Waals surface area contributed by atoms with Crippen molar-refractivity contribution in [2.75, 3.05) is 12.4 Å². The average Bonchev–Trinajstić information content (AvgIpc) is 2.74. The molecule has 2 rings (SSSR count). The molecule has 0 bridgehead atoms. The van der Waals surface area contributed by atoms with Gasteiger partial charge in [-0.3, -0.25) is 5.10 Å². The Labute approximate surface area is 92.4 Å². The molecule has 0 aliphatic heterocycles. The van der Waals surface area contributed by atoms with Crippen molar-refractivity contribution < 1.29 is 0 Å². The van der Waals surface area contributed by atoms with Gasteiger partial charge in [-0.1, -0.05) is 0 Å². The van der Waals surface area contributed by atoms with Gasteiger partial charge in [0.2, 0.25) is 5.95 Å². The molecule has 0 saturated heterocycles. The summed E-state index contributed by atoms with van der Waals surface area (Å²) in [5.41, 5.74) is 2.64. The van der Waals surface area contributed by atoms with Crippen LogP contribution in [0.25, 0.3) is 11.3 Å². The first-order chi connectivity index (χ1) is 7.76. The van der Waals surface area contributed by atoms with Crippen LogP contribution < -0.4 is 5.32 Å². The van der Waals surface area contributed by atoms with Gasteiger partial charge in [0, 0.05) is 18.8 Å². The first kappa shape index (κ1) is 10.1. The fourth-order valence-electron chi connectivity index (χ4n) is 1.39. The van der Waals surface area contributed by atoms with Crippen molar-refractivity contribution in [3.8, 4) is 17.3 Å². The normalized spacial score (nSPS) is 9.81. The van der Waals surface area contributed by atoms with Crippen LogP contribution in [0.15, 0.2) is 12.4 Å². The molecule has 80 valence electrons. The van der Waals surface area contributed by atoms with Crippen LogP contribution in [0.2, 0.25) is 0 Å². The highest BCUT2D eigenvalue weighted by atomic mass is 15.1. The summed E-state index contributed by atoms with van der Waals surface area (Å²) in [4.78, 5) is 8.25. The van der Waals surface area contributed by atoms with E-state index in [1.54, 1.807) is 13.2 Å². The van der Waals surface area contributed by atoms with E-state index in [2.05, 4.69) is 31.6 Å². The number of H-pyrrole nitrogens is 1. The van der Waals surface area contributed by atoms with E-state index in [1.807, 2.05) is 6.92 Å². The Bertz CT molecular complexity index is 551. The van der Waals surface area contributed by atoms with Gasteiger partial charge in [-0.15, -0.1) is 0 Å². The van der Waals surface area contributed by atoms with Gasteiger partial charge >= 0.3 is 0 Å². The molecule has 16 heavy (non-hydrogen) atoms. The summed E-state index contributed by atoms with van der Waals surface area (Å²) >= 11 is 0. The van der Waals surface area contributed by atoms with Crippen molar-refractivity contribution in [2.45, 2.75) is 6.92 Å². The van der Waals surface area contributed by atoms with Crippen LogP contribution >= 0.6 is 0 Å². The molecule has 0 amide bonds. The molecule has 0 atom stereocenters. The van der Waals surface area contributed by atoms with Gasteiger partial charge in [0.05, 0.1) is 23.1 Å². The predicted octanol–water partition coefficient (Wildman–Crippen LogP) is 1.09. The third kappa shape index (κ3) is 1.59. The number of hydrogen-bond donors (Lipinski definition) is 2. The third-order valence-corrected chi connectivity index (χ3v) is 2.22. The Balaban J connectivity index is 2.63. The van der Waals surface area contributed by atoms with E-state index >= 15 is 0 Å². The number of aromatic nitrogens is 4. The topological polar surface area (TPSA) is 90.3 Å². The molecule has 0 unspecified atom stereocenters. The SMILES string of the molecule is CNc1ncc(C#N)c(-c2c[nH]nc2C)n1. The lowest BCUT2D eigenvalue weighted by Crippen LogP contribution is -1.99. The maximum Gasteiger partial charge on any atom is 0.223 e. The molecule has 0 aliphatic rings. The summed E-state index contributed by atoms with van der Waals surface area (Å²) in [5, 5.41) is 18.6. The number of rotatable bonds is 2. The van der Waals surface area contributed by atoms with Crippen LogP contribution in [-0.2, 0) is 0 Å². The molecular formula is C10H10N6. The van der Waals surface area contributed by atoms with E-state index in [-0.39, 0.29) is 0 Å². The number of nitriles is 1. The number of hydrogen-bond acceptors (Lipinski definition) is 5. The van der Waals surface area contributed by atoms with Crippen LogP contribution in [0.1, 0.15) is 11.3 Å². The summed E-state index contributed by atoms with van der Waals surface area (Å²) in [5.74, 6) is 0.481. The molecule has 0 saturated carbocycles. The van der Waals surface area contributed by atoms with Gasteiger partial charge < -0.3 is 5.32 Å². The minimum absolute atomic E-state index is 0.434. The summed E-state index contributed by atoms with van der Waals surface area (Å²) in [6, 6.07) is 2.07. The highest BCUT2D eigenvalue weighted by molar-refractivity contribution is 5.68. The van der Waals surface area contributed by atoms with E-state index in [1.165, 1.54) is 6.20 Å². The second-order valence-corrected chi connectivity index (χ2v) is 3.20. The lowest BCUT2D eigenvalue weighted by molar-refractivity contribution is 1.05. The summed E-state index contributed by atoms with van der Waals surface area (Å²) in [7, 11) is 1.73. The average molecular weight is 214 g/mol. The van der Waals surface area contributed by atoms with Gasteiger partial charge in [-0.2, -0.15) is 10.4 Å². The molecule has 6 heteroatoms. The van der Waals surface area contributed by atoms with Crippen LogP contribution in [-0.4, -0.2) is 27.2 Å². The summed E-state index contributed by atoms with van der Waals surface area (Å²) in [6.45, 7) is 1.86. The maximum atomic E-state index is 8.99. The minimum atomic E-state index is 0.434. The van der Waals surface area contributed by atoms with Crippen molar-refractivity contribution >= 4 is 5.95 Å². The molecule has 0 aromatic carbocycles. The second kappa shape index (κ2) is 3.98.